The third-order valence-electron chi connectivity index (χ3n) is 4.09. The highest BCUT2D eigenvalue weighted by Crippen LogP contribution is 2.29. The molecule has 2 heterocycles. The van der Waals surface area contributed by atoms with E-state index in [4.69, 9.17) is 4.74 Å². The molecular weight excluding hydrogens is 318 g/mol. The van der Waals surface area contributed by atoms with Crippen molar-refractivity contribution in [1.82, 2.24) is 14.6 Å². The smallest absolute Gasteiger partial charge is 0.196 e. The lowest BCUT2D eigenvalue weighted by molar-refractivity contribution is 0.415. The largest absolute Gasteiger partial charge is 0.497 e. The van der Waals surface area contributed by atoms with Crippen LogP contribution in [0.15, 0.2) is 59.8 Å². The van der Waals surface area contributed by atoms with E-state index >= 15 is 0 Å². The SMILES string of the molecule is COc1ccc2c(C)cc3nnc(SCc4ccccc4)n3c2c1. The van der Waals surface area contributed by atoms with Crippen molar-refractivity contribution < 1.29 is 4.74 Å². The van der Waals surface area contributed by atoms with Gasteiger partial charge in [0, 0.05) is 17.2 Å². The van der Waals surface area contributed by atoms with Gasteiger partial charge in [-0.3, -0.25) is 4.40 Å². The van der Waals surface area contributed by atoms with Gasteiger partial charge in [-0.05, 0) is 36.2 Å². The molecule has 0 unspecified atom stereocenters. The lowest BCUT2D eigenvalue weighted by Gasteiger charge is -2.09. The average Bonchev–Trinajstić information content (AvgIpc) is 3.03. The van der Waals surface area contributed by atoms with Gasteiger partial charge in [-0.1, -0.05) is 42.1 Å². The Balaban J connectivity index is 1.83. The first-order chi connectivity index (χ1) is 11.8. The number of rotatable bonds is 4. The predicted molar refractivity (Wildman–Crippen MR) is 97.8 cm³/mol. The second-order valence-corrected chi connectivity index (χ2v) is 6.60. The monoisotopic (exact) mass is 335 g/mol. The van der Waals surface area contributed by atoms with Gasteiger partial charge in [-0.25, -0.2) is 0 Å². The Hall–Kier alpha value is -2.53. The van der Waals surface area contributed by atoms with Gasteiger partial charge in [0.05, 0.1) is 12.6 Å². The quantitative estimate of drug-likeness (QED) is 0.515. The van der Waals surface area contributed by atoms with E-state index in [0.717, 1.165) is 27.8 Å². The van der Waals surface area contributed by atoms with E-state index in [1.807, 2.05) is 18.2 Å². The highest BCUT2D eigenvalue weighted by atomic mass is 32.2. The predicted octanol–water partition coefficient (Wildman–Crippen LogP) is 4.49. The van der Waals surface area contributed by atoms with Crippen LogP contribution in [0, 0.1) is 6.92 Å². The molecule has 0 atom stereocenters. The molecule has 0 fully saturated rings. The summed E-state index contributed by atoms with van der Waals surface area (Å²) in [6.07, 6.45) is 0. The molecule has 0 aliphatic carbocycles. The van der Waals surface area contributed by atoms with Crippen molar-refractivity contribution in [3.63, 3.8) is 0 Å². The molecule has 4 nitrogen and oxygen atoms in total. The van der Waals surface area contributed by atoms with Crippen molar-refractivity contribution in [2.24, 2.45) is 0 Å². The average molecular weight is 335 g/mol. The van der Waals surface area contributed by atoms with Crippen molar-refractivity contribution in [1.29, 1.82) is 0 Å². The molecule has 0 N–H and O–H groups in total. The van der Waals surface area contributed by atoms with E-state index in [0.29, 0.717) is 0 Å². The number of thioether (sulfide) groups is 1. The van der Waals surface area contributed by atoms with E-state index in [2.05, 4.69) is 57.9 Å². The molecule has 4 aromatic rings. The Bertz CT molecular complexity index is 1010. The fourth-order valence-corrected chi connectivity index (χ4v) is 3.75. The molecule has 0 amide bonds. The molecule has 5 heteroatoms. The Morgan fingerprint density at radius 2 is 1.88 bits per heavy atom. The molecular formula is C19H17N3OS. The molecule has 0 saturated carbocycles. The molecule has 0 bridgehead atoms. The van der Waals surface area contributed by atoms with Gasteiger partial charge in [0.25, 0.3) is 0 Å². The lowest BCUT2D eigenvalue weighted by atomic mass is 10.1. The van der Waals surface area contributed by atoms with Crippen molar-refractivity contribution >= 4 is 28.3 Å². The standard InChI is InChI=1S/C19H17N3OS/c1-13-10-18-20-21-19(24-12-14-6-4-3-5-7-14)22(18)17-11-15(23-2)8-9-16(13)17/h3-11H,12H2,1-2H3. The maximum absolute atomic E-state index is 5.40. The molecule has 0 radical (unpaired) electrons. The molecule has 0 aliphatic heterocycles. The zero-order chi connectivity index (χ0) is 16.5. The second kappa shape index (κ2) is 6.17. The van der Waals surface area contributed by atoms with Crippen LogP contribution < -0.4 is 4.74 Å². The van der Waals surface area contributed by atoms with Gasteiger partial charge in [-0.2, -0.15) is 0 Å². The van der Waals surface area contributed by atoms with Crippen LogP contribution in [0.5, 0.6) is 5.75 Å². The Labute approximate surface area is 144 Å². The minimum atomic E-state index is 0.835. The Kier molecular flexibility index (Phi) is 3.86. The van der Waals surface area contributed by atoms with Crippen molar-refractivity contribution in [2.75, 3.05) is 7.11 Å². The molecule has 0 spiro atoms. The first kappa shape index (κ1) is 15.0. The number of aryl methyl sites for hydroxylation is 1. The zero-order valence-corrected chi connectivity index (χ0v) is 14.4. The summed E-state index contributed by atoms with van der Waals surface area (Å²) in [6, 6.07) is 18.6. The number of aromatic nitrogens is 3. The van der Waals surface area contributed by atoms with Gasteiger partial charge in [-0.15, -0.1) is 10.2 Å². The van der Waals surface area contributed by atoms with Gasteiger partial charge < -0.3 is 4.74 Å². The van der Waals surface area contributed by atoms with Crippen LogP contribution in [0.1, 0.15) is 11.1 Å². The number of benzene rings is 2. The Morgan fingerprint density at radius 3 is 2.67 bits per heavy atom. The highest BCUT2D eigenvalue weighted by Gasteiger charge is 2.12. The number of nitrogens with zero attached hydrogens (tertiary/aromatic N) is 3. The molecule has 4 rings (SSSR count). The summed E-state index contributed by atoms with van der Waals surface area (Å²) in [5, 5.41) is 10.8. The fourth-order valence-electron chi connectivity index (χ4n) is 2.85. The highest BCUT2D eigenvalue weighted by molar-refractivity contribution is 7.98. The van der Waals surface area contributed by atoms with E-state index in [1.54, 1.807) is 18.9 Å². The van der Waals surface area contributed by atoms with Crippen molar-refractivity contribution in [2.45, 2.75) is 17.8 Å². The first-order valence-corrected chi connectivity index (χ1v) is 8.74. The van der Waals surface area contributed by atoms with Gasteiger partial charge in [0.2, 0.25) is 0 Å². The normalized spacial score (nSPS) is 11.2. The number of methoxy groups -OCH3 is 1. The molecule has 2 aromatic heterocycles. The summed E-state index contributed by atoms with van der Waals surface area (Å²) in [6.45, 7) is 2.10. The number of hydrogen-bond donors (Lipinski definition) is 0. The number of ether oxygens (including phenoxy) is 1. The first-order valence-electron chi connectivity index (χ1n) is 7.75. The third kappa shape index (κ3) is 2.61. The third-order valence-corrected chi connectivity index (χ3v) is 5.09. The maximum Gasteiger partial charge on any atom is 0.196 e. The molecule has 2 aromatic carbocycles. The summed E-state index contributed by atoms with van der Waals surface area (Å²) >= 11 is 1.69. The van der Waals surface area contributed by atoms with Crippen LogP contribution in [0.25, 0.3) is 16.6 Å². The van der Waals surface area contributed by atoms with Gasteiger partial charge in [0.1, 0.15) is 5.75 Å². The summed E-state index contributed by atoms with van der Waals surface area (Å²) in [4.78, 5) is 0. The zero-order valence-electron chi connectivity index (χ0n) is 13.6. The lowest BCUT2D eigenvalue weighted by Crippen LogP contribution is -1.94. The summed E-state index contributed by atoms with van der Waals surface area (Å²) in [5.41, 5.74) is 4.40. The number of pyridine rings is 1. The van der Waals surface area contributed by atoms with Crippen LogP contribution in [0.4, 0.5) is 0 Å². The van der Waals surface area contributed by atoms with Crippen LogP contribution >= 0.6 is 11.8 Å². The minimum absolute atomic E-state index is 0.835. The summed E-state index contributed by atoms with van der Waals surface area (Å²) in [7, 11) is 1.69. The van der Waals surface area contributed by atoms with E-state index < -0.39 is 0 Å². The van der Waals surface area contributed by atoms with Crippen molar-refractivity contribution in [3.05, 3.63) is 65.7 Å². The van der Waals surface area contributed by atoms with Gasteiger partial charge >= 0.3 is 0 Å². The summed E-state index contributed by atoms with van der Waals surface area (Å²) < 4.78 is 7.51. The summed E-state index contributed by atoms with van der Waals surface area (Å²) in [5.74, 6) is 1.70. The second-order valence-electron chi connectivity index (χ2n) is 5.66. The van der Waals surface area contributed by atoms with E-state index in [-0.39, 0.29) is 0 Å². The maximum atomic E-state index is 5.40. The molecule has 0 aliphatic rings. The van der Waals surface area contributed by atoms with Crippen LogP contribution in [0.3, 0.4) is 0 Å². The fraction of sp³-hybridized carbons (Fsp3) is 0.158. The number of hydrogen-bond acceptors (Lipinski definition) is 4. The molecule has 0 saturated heterocycles. The van der Waals surface area contributed by atoms with Gasteiger partial charge in [0.15, 0.2) is 10.8 Å². The van der Waals surface area contributed by atoms with Crippen molar-refractivity contribution in [3.8, 4) is 5.75 Å². The van der Waals surface area contributed by atoms with Crippen LogP contribution in [0.2, 0.25) is 0 Å². The minimum Gasteiger partial charge on any atom is -0.497 e. The molecule has 120 valence electrons. The van der Waals surface area contributed by atoms with E-state index in [1.165, 1.54) is 16.5 Å². The number of fused-ring (bicyclic) bond motifs is 3. The van der Waals surface area contributed by atoms with Crippen LogP contribution in [-0.4, -0.2) is 21.7 Å². The van der Waals surface area contributed by atoms with Crippen LogP contribution in [-0.2, 0) is 5.75 Å². The van der Waals surface area contributed by atoms with E-state index in [9.17, 15) is 0 Å². The topological polar surface area (TPSA) is 39.4 Å². The molecule has 24 heavy (non-hydrogen) atoms. The Morgan fingerprint density at radius 1 is 1.04 bits per heavy atom.